The summed E-state index contributed by atoms with van der Waals surface area (Å²) in [4.78, 5) is 10.2. The van der Waals surface area contributed by atoms with E-state index in [1.807, 2.05) is 0 Å². The molecular weight excluding hydrogens is 395 g/mol. The molecule has 0 aliphatic heterocycles. The number of nitrogens with one attached hydrogen (secondary N) is 1. The van der Waals surface area contributed by atoms with Gasteiger partial charge in [0.25, 0.3) is 5.69 Å². The summed E-state index contributed by atoms with van der Waals surface area (Å²) in [7, 11) is 0. The first-order valence-electron chi connectivity index (χ1n) is 5.59. The molecule has 0 unspecified atom stereocenters. The second-order valence-electron chi connectivity index (χ2n) is 4.01. The molecular formula is C13H9Br2FN2O2. The Morgan fingerprint density at radius 2 is 1.90 bits per heavy atom. The van der Waals surface area contributed by atoms with Crippen LogP contribution in [-0.4, -0.2) is 4.92 Å². The first kappa shape index (κ1) is 14.9. The molecule has 0 aliphatic rings. The van der Waals surface area contributed by atoms with Crippen molar-refractivity contribution in [1.29, 1.82) is 0 Å². The zero-order valence-electron chi connectivity index (χ0n) is 10.1. The van der Waals surface area contributed by atoms with Crippen molar-refractivity contribution in [3.8, 4) is 0 Å². The highest BCUT2D eigenvalue weighted by Gasteiger charge is 2.09. The summed E-state index contributed by atoms with van der Waals surface area (Å²) < 4.78 is 14.5. The number of halogens is 3. The summed E-state index contributed by atoms with van der Waals surface area (Å²) in [6, 6.07) is 8.87. The first-order chi connectivity index (χ1) is 9.47. The minimum atomic E-state index is -0.461. The van der Waals surface area contributed by atoms with E-state index in [2.05, 4.69) is 37.2 Å². The van der Waals surface area contributed by atoms with E-state index in [0.717, 1.165) is 10.0 Å². The third-order valence-corrected chi connectivity index (χ3v) is 4.07. The van der Waals surface area contributed by atoms with Crippen LogP contribution < -0.4 is 5.32 Å². The lowest BCUT2D eigenvalue weighted by Gasteiger charge is -2.10. The van der Waals surface area contributed by atoms with Crippen molar-refractivity contribution in [2.75, 3.05) is 5.32 Å². The summed E-state index contributed by atoms with van der Waals surface area (Å²) in [5.41, 5.74) is 1.47. The molecule has 4 nitrogen and oxygen atoms in total. The molecule has 0 spiro atoms. The van der Waals surface area contributed by atoms with E-state index in [9.17, 15) is 14.5 Å². The van der Waals surface area contributed by atoms with Gasteiger partial charge >= 0.3 is 0 Å². The van der Waals surface area contributed by atoms with Gasteiger partial charge in [0.2, 0.25) is 0 Å². The number of nitrogens with zero attached hydrogens (tertiary/aromatic N) is 1. The average molecular weight is 404 g/mol. The highest BCUT2D eigenvalue weighted by atomic mass is 79.9. The van der Waals surface area contributed by atoms with Gasteiger partial charge in [-0.1, -0.05) is 15.9 Å². The van der Waals surface area contributed by atoms with Gasteiger partial charge in [0.1, 0.15) is 5.82 Å². The third-order valence-electron chi connectivity index (χ3n) is 2.64. The number of anilines is 1. The zero-order chi connectivity index (χ0) is 14.7. The fourth-order valence-corrected chi connectivity index (χ4v) is 2.52. The summed E-state index contributed by atoms with van der Waals surface area (Å²) in [6.45, 7) is 0.398. The van der Waals surface area contributed by atoms with Crippen molar-refractivity contribution in [2.24, 2.45) is 0 Å². The lowest BCUT2D eigenvalue weighted by atomic mass is 10.2. The van der Waals surface area contributed by atoms with Gasteiger partial charge < -0.3 is 5.32 Å². The SMILES string of the molecule is O=[N+]([O-])c1ccc(NCc2cc(F)ccc2Br)c(Br)c1. The standard InChI is InChI=1S/C13H9Br2FN2O2/c14-11-3-1-9(16)5-8(11)7-17-13-4-2-10(18(19)20)6-12(13)15/h1-6,17H,7H2. The molecule has 0 heterocycles. The van der Waals surface area contributed by atoms with E-state index in [4.69, 9.17) is 0 Å². The topological polar surface area (TPSA) is 55.2 Å². The highest BCUT2D eigenvalue weighted by Crippen LogP contribution is 2.28. The molecule has 104 valence electrons. The van der Waals surface area contributed by atoms with Gasteiger partial charge in [-0.15, -0.1) is 0 Å². The molecule has 0 atom stereocenters. The van der Waals surface area contributed by atoms with Crippen LogP contribution in [0, 0.1) is 15.9 Å². The molecule has 2 aromatic carbocycles. The normalized spacial score (nSPS) is 10.3. The van der Waals surface area contributed by atoms with Crippen LogP contribution in [0.1, 0.15) is 5.56 Å². The van der Waals surface area contributed by atoms with Crippen molar-refractivity contribution in [3.05, 3.63) is 66.8 Å². The van der Waals surface area contributed by atoms with E-state index in [1.165, 1.54) is 24.3 Å². The molecule has 7 heteroatoms. The van der Waals surface area contributed by atoms with Crippen LogP contribution in [-0.2, 0) is 6.54 Å². The van der Waals surface area contributed by atoms with Crippen LogP contribution in [0.2, 0.25) is 0 Å². The predicted octanol–water partition coefficient (Wildman–Crippen LogP) is 4.87. The number of rotatable bonds is 4. The van der Waals surface area contributed by atoms with Crippen LogP contribution in [0.15, 0.2) is 45.3 Å². The summed E-state index contributed by atoms with van der Waals surface area (Å²) >= 11 is 6.61. The number of nitro groups is 1. The van der Waals surface area contributed by atoms with Gasteiger partial charge in [-0.3, -0.25) is 10.1 Å². The van der Waals surface area contributed by atoms with Crippen molar-refractivity contribution < 1.29 is 9.31 Å². The van der Waals surface area contributed by atoms with Crippen molar-refractivity contribution in [3.63, 3.8) is 0 Å². The van der Waals surface area contributed by atoms with Crippen LogP contribution in [0.25, 0.3) is 0 Å². The molecule has 0 saturated heterocycles. The summed E-state index contributed by atoms with van der Waals surface area (Å²) in [5.74, 6) is -0.312. The lowest BCUT2D eigenvalue weighted by molar-refractivity contribution is -0.384. The number of benzene rings is 2. The monoisotopic (exact) mass is 402 g/mol. The van der Waals surface area contributed by atoms with Crippen LogP contribution >= 0.6 is 31.9 Å². The fraction of sp³-hybridized carbons (Fsp3) is 0.0769. The van der Waals surface area contributed by atoms with Crippen LogP contribution in [0.3, 0.4) is 0 Å². The molecule has 2 aromatic rings. The van der Waals surface area contributed by atoms with Crippen molar-refractivity contribution >= 4 is 43.2 Å². The smallest absolute Gasteiger partial charge is 0.270 e. The van der Waals surface area contributed by atoms with Gasteiger partial charge in [0, 0.05) is 33.3 Å². The zero-order valence-corrected chi connectivity index (χ0v) is 13.2. The molecule has 0 radical (unpaired) electrons. The van der Waals surface area contributed by atoms with Gasteiger partial charge in [-0.25, -0.2) is 4.39 Å². The maximum absolute atomic E-state index is 13.2. The van der Waals surface area contributed by atoms with Gasteiger partial charge in [0.05, 0.1) is 4.92 Å². The van der Waals surface area contributed by atoms with Crippen molar-refractivity contribution in [1.82, 2.24) is 0 Å². The third kappa shape index (κ3) is 3.55. The molecule has 20 heavy (non-hydrogen) atoms. The second kappa shape index (κ2) is 6.32. The minimum absolute atomic E-state index is 0.00867. The molecule has 1 N–H and O–H groups in total. The minimum Gasteiger partial charge on any atom is -0.380 e. The van der Waals surface area contributed by atoms with Crippen LogP contribution in [0.4, 0.5) is 15.8 Å². The van der Waals surface area contributed by atoms with Gasteiger partial charge in [0.15, 0.2) is 0 Å². The maximum Gasteiger partial charge on any atom is 0.270 e. The Balaban J connectivity index is 2.15. The fourth-order valence-electron chi connectivity index (χ4n) is 1.63. The molecule has 0 amide bonds. The molecule has 0 fully saturated rings. The highest BCUT2D eigenvalue weighted by molar-refractivity contribution is 9.11. The Bertz CT molecular complexity index is 665. The van der Waals surface area contributed by atoms with Crippen molar-refractivity contribution in [2.45, 2.75) is 6.54 Å². The quantitative estimate of drug-likeness (QED) is 0.585. The van der Waals surface area contributed by atoms with Gasteiger partial charge in [-0.2, -0.15) is 0 Å². The predicted molar refractivity (Wildman–Crippen MR) is 82.2 cm³/mol. The number of nitro benzene ring substituents is 1. The second-order valence-corrected chi connectivity index (χ2v) is 5.72. The summed E-state index contributed by atoms with van der Waals surface area (Å²) in [5, 5.41) is 13.7. The largest absolute Gasteiger partial charge is 0.380 e. The number of non-ortho nitro benzene ring substituents is 1. The average Bonchev–Trinajstić information content (AvgIpc) is 2.40. The van der Waals surface area contributed by atoms with E-state index in [1.54, 1.807) is 12.1 Å². The Labute approximate surface area is 131 Å². The Kier molecular flexibility index (Phi) is 4.72. The number of hydrogen-bond acceptors (Lipinski definition) is 3. The first-order valence-corrected chi connectivity index (χ1v) is 7.17. The molecule has 2 rings (SSSR count). The Morgan fingerprint density at radius 1 is 1.15 bits per heavy atom. The van der Waals surface area contributed by atoms with E-state index in [-0.39, 0.29) is 11.5 Å². The maximum atomic E-state index is 13.2. The van der Waals surface area contributed by atoms with E-state index < -0.39 is 4.92 Å². The molecule has 0 aromatic heterocycles. The molecule has 0 bridgehead atoms. The van der Waals surface area contributed by atoms with Gasteiger partial charge in [-0.05, 0) is 45.8 Å². The molecule has 0 aliphatic carbocycles. The number of hydrogen-bond donors (Lipinski definition) is 1. The summed E-state index contributed by atoms with van der Waals surface area (Å²) in [6.07, 6.45) is 0. The van der Waals surface area contributed by atoms with Crippen LogP contribution in [0.5, 0.6) is 0 Å². The van der Waals surface area contributed by atoms with E-state index >= 15 is 0 Å². The van der Waals surface area contributed by atoms with E-state index in [0.29, 0.717) is 16.7 Å². The lowest BCUT2D eigenvalue weighted by Crippen LogP contribution is -2.01. The Hall–Kier alpha value is -1.47. The Morgan fingerprint density at radius 3 is 2.55 bits per heavy atom. The molecule has 0 saturated carbocycles.